The lowest BCUT2D eigenvalue weighted by molar-refractivity contribution is 0.102. The summed E-state index contributed by atoms with van der Waals surface area (Å²) in [5.74, 6) is -0.380. The van der Waals surface area contributed by atoms with Gasteiger partial charge in [-0.1, -0.05) is 17.7 Å². The molecule has 3 rings (SSSR count). The second kappa shape index (κ2) is 6.66. The van der Waals surface area contributed by atoms with Gasteiger partial charge >= 0.3 is 0 Å². The van der Waals surface area contributed by atoms with E-state index in [0.29, 0.717) is 18.8 Å². The van der Waals surface area contributed by atoms with E-state index in [1.165, 1.54) is 10.4 Å². The van der Waals surface area contributed by atoms with Crippen LogP contribution in [0.4, 0.5) is 5.69 Å². The Morgan fingerprint density at radius 1 is 1.17 bits per heavy atom. The van der Waals surface area contributed by atoms with Crippen molar-refractivity contribution in [2.75, 3.05) is 18.4 Å². The van der Waals surface area contributed by atoms with E-state index < -0.39 is 10.0 Å². The molecule has 1 amide bonds. The summed E-state index contributed by atoms with van der Waals surface area (Å²) in [5.41, 5.74) is 2.76. The Morgan fingerprint density at radius 2 is 1.88 bits per heavy atom. The molecule has 1 aromatic carbocycles. The second-order valence-corrected chi connectivity index (χ2v) is 8.82. The molecule has 5 nitrogen and oxygen atoms in total. The fourth-order valence-corrected chi connectivity index (χ4v) is 5.68. The summed E-state index contributed by atoms with van der Waals surface area (Å²) in [6.45, 7) is 4.95. The predicted octanol–water partition coefficient (Wildman–Crippen LogP) is 3.40. The number of nitrogens with one attached hydrogen (secondary N) is 1. The van der Waals surface area contributed by atoms with Gasteiger partial charge in [-0.3, -0.25) is 4.79 Å². The molecule has 0 aliphatic carbocycles. The van der Waals surface area contributed by atoms with E-state index in [0.717, 1.165) is 35.3 Å². The number of rotatable bonds is 4. The molecule has 0 saturated carbocycles. The Hall–Kier alpha value is -1.70. The van der Waals surface area contributed by atoms with Crippen molar-refractivity contribution in [3.05, 3.63) is 45.6 Å². The van der Waals surface area contributed by atoms with Crippen molar-refractivity contribution in [2.24, 2.45) is 0 Å². The quantitative estimate of drug-likeness (QED) is 0.904. The fraction of sp³-hybridized carbons (Fsp3) is 0.353. The number of aryl methyl sites for hydroxylation is 2. The van der Waals surface area contributed by atoms with Crippen molar-refractivity contribution in [3.63, 3.8) is 0 Å². The van der Waals surface area contributed by atoms with Gasteiger partial charge < -0.3 is 5.32 Å². The van der Waals surface area contributed by atoms with Crippen LogP contribution in [0.2, 0.25) is 0 Å². The van der Waals surface area contributed by atoms with Gasteiger partial charge in [-0.05, 0) is 49.8 Å². The van der Waals surface area contributed by atoms with Gasteiger partial charge in [0.25, 0.3) is 5.91 Å². The molecule has 7 heteroatoms. The Bertz CT molecular complexity index is 866. The lowest BCUT2D eigenvalue weighted by Gasteiger charge is -2.16. The van der Waals surface area contributed by atoms with Gasteiger partial charge in [0.1, 0.15) is 9.77 Å². The maximum atomic E-state index is 12.7. The van der Waals surface area contributed by atoms with E-state index in [4.69, 9.17) is 0 Å². The summed E-state index contributed by atoms with van der Waals surface area (Å²) < 4.78 is 26.9. The minimum absolute atomic E-state index is 0.108. The molecule has 1 saturated heterocycles. The summed E-state index contributed by atoms with van der Waals surface area (Å²) in [4.78, 5) is 13.0. The molecule has 128 valence electrons. The second-order valence-electron chi connectivity index (χ2n) is 6.00. The first-order valence-corrected chi connectivity index (χ1v) is 10.2. The van der Waals surface area contributed by atoms with Gasteiger partial charge in [-0.2, -0.15) is 4.31 Å². The summed E-state index contributed by atoms with van der Waals surface area (Å²) in [7, 11) is -3.60. The summed E-state index contributed by atoms with van der Waals surface area (Å²) in [6.07, 6.45) is 1.74. The van der Waals surface area contributed by atoms with Crippen molar-refractivity contribution in [3.8, 4) is 0 Å². The van der Waals surface area contributed by atoms with E-state index in [-0.39, 0.29) is 15.7 Å². The third-order valence-electron chi connectivity index (χ3n) is 4.15. The monoisotopic (exact) mass is 364 g/mol. The summed E-state index contributed by atoms with van der Waals surface area (Å²) in [6, 6.07) is 7.25. The molecule has 0 unspecified atom stereocenters. The highest BCUT2D eigenvalue weighted by atomic mass is 32.2. The van der Waals surface area contributed by atoms with Gasteiger partial charge in [0, 0.05) is 18.8 Å². The van der Waals surface area contributed by atoms with Gasteiger partial charge in [0.05, 0.1) is 0 Å². The minimum atomic E-state index is -3.60. The predicted molar refractivity (Wildman–Crippen MR) is 96.2 cm³/mol. The number of carbonyl (C=O) groups excluding carboxylic acids is 1. The van der Waals surface area contributed by atoms with Crippen LogP contribution >= 0.6 is 11.3 Å². The number of nitrogens with zero attached hydrogens (tertiary/aromatic N) is 1. The molecule has 1 aliphatic heterocycles. The maximum absolute atomic E-state index is 12.7. The highest BCUT2D eigenvalue weighted by Gasteiger charge is 2.31. The van der Waals surface area contributed by atoms with Crippen LogP contribution in [-0.4, -0.2) is 31.7 Å². The highest BCUT2D eigenvalue weighted by Crippen LogP contribution is 2.28. The molecule has 1 aromatic heterocycles. The highest BCUT2D eigenvalue weighted by molar-refractivity contribution is 7.89. The molecule has 0 spiro atoms. The number of sulfonamides is 1. The van der Waals surface area contributed by atoms with Crippen LogP contribution in [0.25, 0.3) is 0 Å². The van der Waals surface area contributed by atoms with Gasteiger partial charge in [0.15, 0.2) is 0 Å². The number of hydrogen-bond acceptors (Lipinski definition) is 4. The molecular weight excluding hydrogens is 344 g/mol. The van der Waals surface area contributed by atoms with Crippen molar-refractivity contribution < 1.29 is 13.2 Å². The SMILES string of the molecule is Cc1ccc(NC(=O)c2sccc2S(=O)(=O)N2CCCC2)c(C)c1. The van der Waals surface area contributed by atoms with Gasteiger partial charge in [-0.15, -0.1) is 11.3 Å². The van der Waals surface area contributed by atoms with Crippen LogP contribution in [0.15, 0.2) is 34.5 Å². The minimum Gasteiger partial charge on any atom is -0.321 e. The van der Waals surface area contributed by atoms with Crippen LogP contribution in [-0.2, 0) is 10.0 Å². The number of benzene rings is 1. The molecule has 0 bridgehead atoms. The Kier molecular flexibility index (Phi) is 4.76. The topological polar surface area (TPSA) is 66.5 Å². The molecule has 0 radical (unpaired) electrons. The van der Waals surface area contributed by atoms with Gasteiger partial charge in [0.2, 0.25) is 10.0 Å². The van der Waals surface area contributed by atoms with Crippen molar-refractivity contribution in [2.45, 2.75) is 31.6 Å². The van der Waals surface area contributed by atoms with E-state index >= 15 is 0 Å². The average molecular weight is 364 g/mol. The first-order valence-electron chi connectivity index (χ1n) is 7.86. The smallest absolute Gasteiger partial charge is 0.267 e. The zero-order valence-corrected chi connectivity index (χ0v) is 15.3. The van der Waals surface area contributed by atoms with Crippen LogP contribution in [0.5, 0.6) is 0 Å². The molecular formula is C17H20N2O3S2. The molecule has 0 atom stereocenters. The fourth-order valence-electron chi connectivity index (χ4n) is 2.87. The van der Waals surface area contributed by atoms with Crippen molar-refractivity contribution >= 4 is 33.0 Å². The zero-order chi connectivity index (χ0) is 17.3. The molecule has 2 aromatic rings. The number of anilines is 1. The van der Waals surface area contributed by atoms with E-state index in [9.17, 15) is 13.2 Å². The molecule has 1 aliphatic rings. The average Bonchev–Trinajstić information content (AvgIpc) is 3.21. The van der Waals surface area contributed by atoms with Crippen LogP contribution in [0, 0.1) is 13.8 Å². The zero-order valence-electron chi connectivity index (χ0n) is 13.7. The number of thiophene rings is 1. The van der Waals surface area contributed by atoms with Crippen molar-refractivity contribution in [1.82, 2.24) is 4.31 Å². The Labute approximate surface area is 146 Å². The molecule has 1 fully saturated rings. The van der Waals surface area contributed by atoms with E-state index in [1.54, 1.807) is 5.38 Å². The third-order valence-corrected chi connectivity index (χ3v) is 7.13. The third kappa shape index (κ3) is 3.24. The summed E-state index contributed by atoms with van der Waals surface area (Å²) >= 11 is 1.15. The Morgan fingerprint density at radius 3 is 2.54 bits per heavy atom. The number of hydrogen-bond donors (Lipinski definition) is 1. The lowest BCUT2D eigenvalue weighted by Crippen LogP contribution is -2.29. The van der Waals surface area contributed by atoms with E-state index in [2.05, 4.69) is 5.32 Å². The first-order chi connectivity index (χ1) is 11.4. The molecule has 24 heavy (non-hydrogen) atoms. The molecule has 1 N–H and O–H groups in total. The van der Waals surface area contributed by atoms with Gasteiger partial charge in [-0.25, -0.2) is 8.42 Å². The molecule has 2 heterocycles. The number of amides is 1. The lowest BCUT2D eigenvalue weighted by atomic mass is 10.1. The van der Waals surface area contributed by atoms with Crippen LogP contribution in [0.3, 0.4) is 0 Å². The maximum Gasteiger partial charge on any atom is 0.267 e. The normalized spacial score (nSPS) is 15.6. The van der Waals surface area contributed by atoms with Crippen LogP contribution in [0.1, 0.15) is 33.6 Å². The largest absolute Gasteiger partial charge is 0.321 e. The number of carbonyl (C=O) groups is 1. The standard InChI is InChI=1S/C17H20N2O3S2/c1-12-5-6-14(13(2)11-12)18-17(20)16-15(7-10-23-16)24(21,22)19-8-3-4-9-19/h5-7,10-11H,3-4,8-9H2,1-2H3,(H,18,20). The van der Waals surface area contributed by atoms with Crippen LogP contribution < -0.4 is 5.32 Å². The first kappa shape index (κ1) is 17.1. The summed E-state index contributed by atoms with van der Waals surface area (Å²) in [5, 5.41) is 4.48. The van der Waals surface area contributed by atoms with E-state index in [1.807, 2.05) is 32.0 Å². The Balaban J connectivity index is 1.88. The van der Waals surface area contributed by atoms with Crippen molar-refractivity contribution in [1.29, 1.82) is 0 Å².